The molecule has 5 nitrogen and oxygen atoms in total. The van der Waals surface area contributed by atoms with E-state index in [0.29, 0.717) is 16.2 Å². The van der Waals surface area contributed by atoms with Crippen LogP contribution in [-0.4, -0.2) is 24.1 Å². The van der Waals surface area contributed by atoms with Crippen LogP contribution in [0.3, 0.4) is 0 Å². The Bertz CT molecular complexity index is 894. The summed E-state index contributed by atoms with van der Waals surface area (Å²) in [5.74, 6) is 0.0368. The number of carbonyl (C=O) groups is 2. The second-order valence-corrected chi connectivity index (χ2v) is 6.93. The van der Waals surface area contributed by atoms with E-state index in [1.54, 1.807) is 37.5 Å². The van der Waals surface area contributed by atoms with E-state index in [4.69, 9.17) is 4.74 Å². The highest BCUT2D eigenvalue weighted by Gasteiger charge is 2.24. The van der Waals surface area contributed by atoms with Gasteiger partial charge < -0.3 is 10.1 Å². The van der Waals surface area contributed by atoms with Crippen molar-refractivity contribution < 1.29 is 14.3 Å². The molecule has 0 atom stereocenters. The Kier molecular flexibility index (Phi) is 5.35. The van der Waals surface area contributed by atoms with Crippen LogP contribution in [0.2, 0.25) is 0 Å². The Morgan fingerprint density at radius 1 is 1.24 bits per heavy atom. The van der Waals surface area contributed by atoms with E-state index in [1.165, 1.54) is 0 Å². The maximum Gasteiger partial charge on any atom is 0.279 e. The van der Waals surface area contributed by atoms with E-state index in [-0.39, 0.29) is 11.1 Å². The van der Waals surface area contributed by atoms with E-state index in [0.717, 1.165) is 21.8 Å². The first-order valence-corrected chi connectivity index (χ1v) is 8.90. The summed E-state index contributed by atoms with van der Waals surface area (Å²) < 4.78 is 5.98. The maximum atomic E-state index is 12.1. The molecule has 0 radical (unpaired) electrons. The Morgan fingerprint density at radius 2 is 2.00 bits per heavy atom. The third-order valence-corrected chi connectivity index (χ3v) is 4.88. The number of hydrogen-bond acceptors (Lipinski definition) is 4. The van der Waals surface area contributed by atoms with E-state index in [9.17, 15) is 9.59 Å². The van der Waals surface area contributed by atoms with E-state index < -0.39 is 5.91 Å². The summed E-state index contributed by atoms with van der Waals surface area (Å²) >= 11 is 4.55. The zero-order chi connectivity index (χ0) is 17.8. The van der Waals surface area contributed by atoms with Gasteiger partial charge in [0.15, 0.2) is 5.17 Å². The average molecular weight is 417 g/mol. The molecule has 0 aromatic heterocycles. The lowest BCUT2D eigenvalue weighted by atomic mass is 10.2. The number of hydrogen-bond donors (Lipinski definition) is 1. The van der Waals surface area contributed by atoms with Crippen LogP contribution >= 0.6 is 27.7 Å². The molecule has 0 unspecified atom stereocenters. The summed E-state index contributed by atoms with van der Waals surface area (Å²) in [7, 11) is 1.59. The van der Waals surface area contributed by atoms with Crippen LogP contribution in [0.15, 0.2) is 62.9 Å². The van der Waals surface area contributed by atoms with E-state index >= 15 is 0 Å². The number of ether oxygens (including phenoxy) is 1. The SMILES string of the molecule is COc1ccc(/C=C2\SC(=NC(=O)c3ccccc3)NC2=O)cc1Br. The van der Waals surface area contributed by atoms with Gasteiger partial charge in [0.25, 0.3) is 11.8 Å². The second kappa shape index (κ2) is 7.67. The molecule has 2 aromatic carbocycles. The van der Waals surface area contributed by atoms with Crippen LogP contribution in [0, 0.1) is 0 Å². The molecule has 1 aliphatic rings. The van der Waals surface area contributed by atoms with Crippen LogP contribution in [-0.2, 0) is 4.79 Å². The number of halogens is 1. The molecule has 2 amide bonds. The van der Waals surface area contributed by atoms with Crippen molar-refractivity contribution in [3.05, 3.63) is 69.0 Å². The topological polar surface area (TPSA) is 67.8 Å². The summed E-state index contributed by atoms with van der Waals surface area (Å²) in [5.41, 5.74) is 1.31. The van der Waals surface area contributed by atoms with Gasteiger partial charge in [-0.1, -0.05) is 24.3 Å². The summed E-state index contributed by atoms with van der Waals surface area (Å²) in [6.07, 6.45) is 1.74. The number of amidine groups is 1. The van der Waals surface area contributed by atoms with Gasteiger partial charge in [0.2, 0.25) is 0 Å². The van der Waals surface area contributed by atoms with Crippen LogP contribution in [0.25, 0.3) is 6.08 Å². The molecule has 0 spiro atoms. The van der Waals surface area contributed by atoms with Gasteiger partial charge in [-0.15, -0.1) is 0 Å². The predicted molar refractivity (Wildman–Crippen MR) is 103 cm³/mol. The van der Waals surface area contributed by atoms with Crippen molar-refractivity contribution in [3.63, 3.8) is 0 Å². The van der Waals surface area contributed by atoms with E-state index in [1.807, 2.05) is 24.3 Å². The van der Waals surface area contributed by atoms with Crippen molar-refractivity contribution in [1.82, 2.24) is 5.32 Å². The van der Waals surface area contributed by atoms with Gasteiger partial charge in [-0.2, -0.15) is 4.99 Å². The van der Waals surface area contributed by atoms with Crippen molar-refractivity contribution in [2.75, 3.05) is 7.11 Å². The molecular weight excluding hydrogens is 404 g/mol. The van der Waals surface area contributed by atoms with Crippen molar-refractivity contribution in [2.24, 2.45) is 4.99 Å². The molecule has 3 rings (SSSR count). The van der Waals surface area contributed by atoms with Crippen LogP contribution in [0.5, 0.6) is 5.75 Å². The minimum absolute atomic E-state index is 0.276. The first-order valence-electron chi connectivity index (χ1n) is 7.29. The third-order valence-electron chi connectivity index (χ3n) is 3.35. The lowest BCUT2D eigenvalue weighted by Crippen LogP contribution is -2.20. The Hall–Kier alpha value is -2.38. The zero-order valence-electron chi connectivity index (χ0n) is 13.2. The minimum atomic E-state index is -0.392. The first kappa shape index (κ1) is 17.4. The number of methoxy groups -OCH3 is 1. The van der Waals surface area contributed by atoms with Gasteiger partial charge in [-0.3, -0.25) is 9.59 Å². The quantitative estimate of drug-likeness (QED) is 0.771. The van der Waals surface area contributed by atoms with Crippen LogP contribution < -0.4 is 10.1 Å². The number of thioether (sulfide) groups is 1. The molecule has 1 heterocycles. The highest BCUT2D eigenvalue weighted by molar-refractivity contribution is 9.10. The molecule has 2 aromatic rings. The van der Waals surface area contributed by atoms with Crippen LogP contribution in [0.1, 0.15) is 15.9 Å². The molecule has 126 valence electrons. The fourth-order valence-electron chi connectivity index (χ4n) is 2.14. The molecule has 25 heavy (non-hydrogen) atoms. The smallest absolute Gasteiger partial charge is 0.279 e. The maximum absolute atomic E-state index is 12.1. The fraction of sp³-hybridized carbons (Fsp3) is 0.0556. The van der Waals surface area contributed by atoms with E-state index in [2.05, 4.69) is 26.2 Å². The molecule has 0 saturated carbocycles. The molecule has 1 fully saturated rings. The number of benzene rings is 2. The molecule has 0 bridgehead atoms. The minimum Gasteiger partial charge on any atom is -0.496 e. The summed E-state index contributed by atoms with van der Waals surface area (Å²) in [4.78, 5) is 28.6. The lowest BCUT2D eigenvalue weighted by molar-refractivity contribution is -0.115. The Labute approximate surface area is 157 Å². The summed E-state index contributed by atoms with van der Waals surface area (Å²) in [6.45, 7) is 0. The van der Waals surface area contributed by atoms with Gasteiger partial charge >= 0.3 is 0 Å². The van der Waals surface area contributed by atoms with Crippen molar-refractivity contribution in [2.45, 2.75) is 0 Å². The van der Waals surface area contributed by atoms with Gasteiger partial charge in [0.05, 0.1) is 16.5 Å². The van der Waals surface area contributed by atoms with Crippen LogP contribution in [0.4, 0.5) is 0 Å². The third kappa shape index (κ3) is 4.18. The number of amides is 2. The number of carbonyl (C=O) groups excluding carboxylic acids is 2. The molecule has 1 saturated heterocycles. The highest BCUT2D eigenvalue weighted by atomic mass is 79.9. The molecule has 0 aliphatic carbocycles. The molecule has 1 aliphatic heterocycles. The van der Waals surface area contributed by atoms with Crippen molar-refractivity contribution in [3.8, 4) is 5.75 Å². The predicted octanol–water partition coefficient (Wildman–Crippen LogP) is 3.86. The molecular formula is C18H13BrN2O3S. The molecule has 1 N–H and O–H groups in total. The second-order valence-electron chi connectivity index (χ2n) is 5.05. The van der Waals surface area contributed by atoms with Crippen molar-refractivity contribution in [1.29, 1.82) is 0 Å². The van der Waals surface area contributed by atoms with Gasteiger partial charge in [0, 0.05) is 5.56 Å². The Balaban J connectivity index is 1.79. The zero-order valence-corrected chi connectivity index (χ0v) is 15.6. The number of nitrogens with one attached hydrogen (secondary N) is 1. The number of nitrogens with zero attached hydrogens (tertiary/aromatic N) is 1. The monoisotopic (exact) mass is 416 g/mol. The highest BCUT2D eigenvalue weighted by Crippen LogP contribution is 2.30. The Morgan fingerprint density at radius 3 is 2.68 bits per heavy atom. The van der Waals surface area contributed by atoms with Crippen molar-refractivity contribution >= 4 is 50.7 Å². The van der Waals surface area contributed by atoms with Gasteiger partial charge in [0.1, 0.15) is 5.75 Å². The number of aliphatic imine (C=N–C) groups is 1. The summed E-state index contributed by atoms with van der Waals surface area (Å²) in [6, 6.07) is 14.2. The lowest BCUT2D eigenvalue weighted by Gasteiger charge is -2.03. The fourth-order valence-corrected chi connectivity index (χ4v) is 3.52. The summed E-state index contributed by atoms with van der Waals surface area (Å²) in [5, 5.41) is 2.89. The van der Waals surface area contributed by atoms with Gasteiger partial charge in [-0.05, 0) is 63.6 Å². The first-order chi connectivity index (χ1) is 12.1. The van der Waals surface area contributed by atoms with Gasteiger partial charge in [-0.25, -0.2) is 0 Å². The normalized spacial score (nSPS) is 17.0. The average Bonchev–Trinajstić information content (AvgIpc) is 2.95. The number of rotatable bonds is 3. The largest absolute Gasteiger partial charge is 0.496 e. The molecule has 7 heteroatoms. The standard InChI is InChI=1S/C18H13BrN2O3S/c1-24-14-8-7-11(9-13(14)19)10-15-17(23)21-18(25-15)20-16(22)12-5-3-2-4-6-12/h2-10H,1H3,(H,20,21,22,23)/b15-10-.